The van der Waals surface area contributed by atoms with Gasteiger partial charge in [0, 0.05) is 25.3 Å². The maximum Gasteiger partial charge on any atom is 0.335 e. The Morgan fingerprint density at radius 1 is 1.33 bits per heavy atom. The molecule has 2 rings (SSSR count). The first kappa shape index (κ1) is 15.9. The number of benzene rings is 1. The van der Waals surface area contributed by atoms with Crippen LogP contribution in [0.4, 0.5) is 0 Å². The van der Waals surface area contributed by atoms with E-state index in [1.807, 2.05) is 23.3 Å². The Labute approximate surface area is 129 Å². The third kappa shape index (κ3) is 4.49. The van der Waals surface area contributed by atoms with Gasteiger partial charge in [-0.05, 0) is 42.7 Å². The molecular weight excluding hydrogens is 286 g/mol. The highest BCUT2D eigenvalue weighted by Gasteiger charge is 2.25. The molecule has 1 aromatic rings. The van der Waals surface area contributed by atoms with E-state index in [0.29, 0.717) is 17.9 Å². The van der Waals surface area contributed by atoms with Crippen LogP contribution in [0.25, 0.3) is 0 Å². The van der Waals surface area contributed by atoms with Crippen LogP contribution in [0.15, 0.2) is 24.3 Å². The number of amides is 1. The van der Waals surface area contributed by atoms with Crippen LogP contribution < -0.4 is 0 Å². The van der Waals surface area contributed by atoms with Gasteiger partial charge in [0.05, 0.1) is 5.56 Å². The highest BCUT2D eigenvalue weighted by Crippen LogP contribution is 2.22. The zero-order valence-corrected chi connectivity index (χ0v) is 13.1. The van der Waals surface area contributed by atoms with E-state index in [-0.39, 0.29) is 5.91 Å². The monoisotopic (exact) mass is 307 g/mol. The first-order chi connectivity index (χ1) is 10.1. The number of hydrogen-bond donors (Lipinski definition) is 1. The molecule has 0 bridgehead atoms. The van der Waals surface area contributed by atoms with Crippen LogP contribution in [-0.2, 0) is 11.2 Å². The number of hydrogen-bond acceptors (Lipinski definition) is 3. The van der Waals surface area contributed by atoms with Gasteiger partial charge < -0.3 is 10.0 Å². The number of carboxylic acids is 1. The summed E-state index contributed by atoms with van der Waals surface area (Å²) in [4.78, 5) is 24.7. The Morgan fingerprint density at radius 2 is 2.05 bits per heavy atom. The van der Waals surface area contributed by atoms with Gasteiger partial charge in [0.2, 0.25) is 5.91 Å². The quantitative estimate of drug-likeness (QED) is 0.877. The van der Waals surface area contributed by atoms with Gasteiger partial charge in [-0.3, -0.25) is 4.79 Å². The highest BCUT2D eigenvalue weighted by molar-refractivity contribution is 7.98. The lowest BCUT2D eigenvalue weighted by Gasteiger charge is -2.16. The van der Waals surface area contributed by atoms with Gasteiger partial charge >= 0.3 is 5.97 Å². The van der Waals surface area contributed by atoms with Crippen LogP contribution in [0.2, 0.25) is 0 Å². The smallest absolute Gasteiger partial charge is 0.335 e. The van der Waals surface area contributed by atoms with Crippen LogP contribution in [-0.4, -0.2) is 47.0 Å². The molecule has 1 amide bonds. The average molecular weight is 307 g/mol. The normalized spacial score (nSPS) is 18.0. The molecule has 5 heteroatoms. The van der Waals surface area contributed by atoms with Crippen molar-refractivity contribution in [2.24, 2.45) is 5.92 Å². The minimum atomic E-state index is -0.895. The van der Waals surface area contributed by atoms with Crippen molar-refractivity contribution in [3.63, 3.8) is 0 Å². The number of carboxylic acid groups (broad SMARTS) is 1. The minimum absolute atomic E-state index is 0.257. The average Bonchev–Trinajstić information content (AvgIpc) is 2.94. The van der Waals surface area contributed by atoms with E-state index >= 15 is 0 Å². The van der Waals surface area contributed by atoms with E-state index in [0.717, 1.165) is 37.2 Å². The largest absolute Gasteiger partial charge is 0.478 e. The number of likely N-dealkylation sites (tertiary alicyclic amines) is 1. The topological polar surface area (TPSA) is 57.6 Å². The molecule has 1 N–H and O–H groups in total. The molecule has 0 spiro atoms. The molecular formula is C16H21NO3S. The Kier molecular flexibility index (Phi) is 5.67. The van der Waals surface area contributed by atoms with Gasteiger partial charge in [-0.15, -0.1) is 0 Å². The molecule has 21 heavy (non-hydrogen) atoms. The maximum atomic E-state index is 12.0. The van der Waals surface area contributed by atoms with Gasteiger partial charge in [0.25, 0.3) is 0 Å². The third-order valence-corrected chi connectivity index (χ3v) is 4.50. The molecule has 1 atom stereocenters. The summed E-state index contributed by atoms with van der Waals surface area (Å²) in [7, 11) is 0. The van der Waals surface area contributed by atoms with Gasteiger partial charge in [0.1, 0.15) is 0 Å². The molecule has 1 aliphatic rings. The second-order valence-corrected chi connectivity index (χ2v) is 6.43. The SMILES string of the molecule is CSCCC(=O)N1CC[C@H](Cc2ccc(C(=O)O)cc2)C1. The fraction of sp³-hybridized carbons (Fsp3) is 0.500. The zero-order chi connectivity index (χ0) is 15.2. The van der Waals surface area contributed by atoms with E-state index in [2.05, 4.69) is 0 Å². The van der Waals surface area contributed by atoms with E-state index < -0.39 is 5.97 Å². The van der Waals surface area contributed by atoms with Crippen molar-refractivity contribution in [3.05, 3.63) is 35.4 Å². The van der Waals surface area contributed by atoms with E-state index in [9.17, 15) is 9.59 Å². The summed E-state index contributed by atoms with van der Waals surface area (Å²) >= 11 is 1.70. The Hall–Kier alpha value is -1.49. The van der Waals surface area contributed by atoms with Crippen molar-refractivity contribution < 1.29 is 14.7 Å². The number of carbonyl (C=O) groups excluding carboxylic acids is 1. The number of thioether (sulfide) groups is 1. The van der Waals surface area contributed by atoms with Crippen LogP contribution in [0.1, 0.15) is 28.8 Å². The molecule has 1 aliphatic heterocycles. The molecule has 0 unspecified atom stereocenters. The molecule has 114 valence electrons. The van der Waals surface area contributed by atoms with Crippen molar-refractivity contribution in [2.45, 2.75) is 19.3 Å². The molecule has 1 heterocycles. The van der Waals surface area contributed by atoms with Crippen molar-refractivity contribution in [2.75, 3.05) is 25.1 Å². The van der Waals surface area contributed by atoms with E-state index in [4.69, 9.17) is 5.11 Å². The summed E-state index contributed by atoms with van der Waals surface area (Å²) in [6, 6.07) is 7.05. The molecule has 0 aliphatic carbocycles. The second kappa shape index (κ2) is 7.50. The van der Waals surface area contributed by atoms with Gasteiger partial charge in [-0.2, -0.15) is 11.8 Å². The summed E-state index contributed by atoms with van der Waals surface area (Å²) in [6.07, 6.45) is 4.58. The third-order valence-electron chi connectivity index (χ3n) is 3.88. The van der Waals surface area contributed by atoms with Gasteiger partial charge in [-0.1, -0.05) is 12.1 Å². The number of aromatic carboxylic acids is 1. The minimum Gasteiger partial charge on any atom is -0.478 e. The van der Waals surface area contributed by atoms with Gasteiger partial charge in [-0.25, -0.2) is 4.79 Å². The molecule has 1 aromatic carbocycles. The number of nitrogens with zero attached hydrogens (tertiary/aromatic N) is 1. The lowest BCUT2D eigenvalue weighted by atomic mass is 9.98. The molecule has 1 saturated heterocycles. The van der Waals surface area contributed by atoms with Gasteiger partial charge in [0.15, 0.2) is 0 Å². The summed E-state index contributed by atoms with van der Waals surface area (Å²) in [5.74, 6) is 0.733. The Morgan fingerprint density at radius 3 is 2.67 bits per heavy atom. The fourth-order valence-electron chi connectivity index (χ4n) is 2.69. The lowest BCUT2D eigenvalue weighted by molar-refractivity contribution is -0.129. The maximum absolute atomic E-state index is 12.0. The fourth-order valence-corrected chi connectivity index (χ4v) is 3.07. The van der Waals surface area contributed by atoms with Crippen molar-refractivity contribution in [3.8, 4) is 0 Å². The highest BCUT2D eigenvalue weighted by atomic mass is 32.2. The second-order valence-electron chi connectivity index (χ2n) is 5.44. The first-order valence-electron chi connectivity index (χ1n) is 7.19. The standard InChI is InChI=1S/C16H21NO3S/c1-21-9-7-15(18)17-8-6-13(11-17)10-12-2-4-14(5-3-12)16(19)20/h2-5,13H,6-11H2,1H3,(H,19,20)/t13-/m1/s1. The Balaban J connectivity index is 1.84. The van der Waals surface area contributed by atoms with E-state index in [1.54, 1.807) is 23.9 Å². The van der Waals surface area contributed by atoms with E-state index in [1.165, 1.54) is 0 Å². The first-order valence-corrected chi connectivity index (χ1v) is 8.58. The Bertz CT molecular complexity index is 501. The molecule has 1 fully saturated rings. The lowest BCUT2D eigenvalue weighted by Crippen LogP contribution is -2.29. The number of rotatable bonds is 6. The summed E-state index contributed by atoms with van der Waals surface area (Å²) in [5.41, 5.74) is 1.46. The van der Waals surface area contributed by atoms with Crippen molar-refractivity contribution in [1.82, 2.24) is 4.90 Å². The van der Waals surface area contributed by atoms with Crippen LogP contribution in [0.3, 0.4) is 0 Å². The molecule has 0 saturated carbocycles. The number of carbonyl (C=O) groups is 2. The van der Waals surface area contributed by atoms with Crippen molar-refractivity contribution >= 4 is 23.6 Å². The summed E-state index contributed by atoms with van der Waals surface area (Å²) < 4.78 is 0. The van der Waals surface area contributed by atoms with Crippen molar-refractivity contribution in [1.29, 1.82) is 0 Å². The van der Waals surface area contributed by atoms with Crippen LogP contribution in [0.5, 0.6) is 0 Å². The zero-order valence-electron chi connectivity index (χ0n) is 12.2. The molecule has 0 radical (unpaired) electrons. The summed E-state index contributed by atoms with van der Waals surface area (Å²) in [5, 5.41) is 8.88. The predicted octanol–water partition coefficient (Wildman–Crippen LogP) is 2.53. The predicted molar refractivity (Wildman–Crippen MR) is 84.8 cm³/mol. The van der Waals surface area contributed by atoms with Crippen LogP contribution >= 0.6 is 11.8 Å². The molecule has 0 aromatic heterocycles. The van der Waals surface area contributed by atoms with Crippen LogP contribution in [0, 0.1) is 5.92 Å². The molecule has 4 nitrogen and oxygen atoms in total. The summed E-state index contributed by atoms with van der Waals surface area (Å²) in [6.45, 7) is 1.68.